The van der Waals surface area contributed by atoms with E-state index in [0.29, 0.717) is 18.9 Å². The molecular formula is C17H28N2O2. The van der Waals surface area contributed by atoms with E-state index in [1.807, 2.05) is 31.2 Å². The summed E-state index contributed by atoms with van der Waals surface area (Å²) in [5, 5.41) is 3.04. The topological polar surface area (TPSA) is 64.3 Å². The number of amides is 1. The molecule has 0 aromatic heterocycles. The van der Waals surface area contributed by atoms with E-state index in [1.165, 1.54) is 0 Å². The Labute approximate surface area is 128 Å². The molecule has 4 heteroatoms. The van der Waals surface area contributed by atoms with Gasteiger partial charge in [0, 0.05) is 6.42 Å². The molecular weight excluding hydrogens is 264 g/mol. The van der Waals surface area contributed by atoms with Crippen molar-refractivity contribution in [1.82, 2.24) is 5.32 Å². The van der Waals surface area contributed by atoms with Gasteiger partial charge in [-0.3, -0.25) is 4.79 Å². The first-order valence-electron chi connectivity index (χ1n) is 7.59. The van der Waals surface area contributed by atoms with Crippen LogP contribution >= 0.6 is 0 Å². The van der Waals surface area contributed by atoms with E-state index < -0.39 is 0 Å². The van der Waals surface area contributed by atoms with E-state index in [0.717, 1.165) is 17.7 Å². The van der Waals surface area contributed by atoms with Crippen molar-refractivity contribution < 1.29 is 9.53 Å². The number of carbonyl (C=O) groups is 1. The van der Waals surface area contributed by atoms with Crippen molar-refractivity contribution in [2.75, 3.05) is 13.7 Å². The molecule has 1 amide bonds. The molecule has 0 saturated carbocycles. The third kappa shape index (κ3) is 6.17. The highest BCUT2D eigenvalue weighted by Crippen LogP contribution is 2.18. The van der Waals surface area contributed by atoms with Crippen LogP contribution in [0.5, 0.6) is 5.75 Å². The maximum Gasteiger partial charge on any atom is 0.220 e. The van der Waals surface area contributed by atoms with Crippen LogP contribution in [-0.4, -0.2) is 19.6 Å². The first-order valence-corrected chi connectivity index (χ1v) is 7.59. The molecule has 1 aromatic rings. The van der Waals surface area contributed by atoms with Gasteiger partial charge in [-0.2, -0.15) is 0 Å². The highest BCUT2D eigenvalue weighted by Gasteiger charge is 2.16. The molecule has 118 valence electrons. The number of hydrogen-bond acceptors (Lipinski definition) is 3. The fourth-order valence-electron chi connectivity index (χ4n) is 2.47. The normalized spacial score (nSPS) is 13.8. The lowest BCUT2D eigenvalue weighted by Crippen LogP contribution is -2.30. The first-order chi connectivity index (χ1) is 9.96. The molecule has 0 aliphatic heterocycles. The molecule has 1 rings (SSSR count). The van der Waals surface area contributed by atoms with Crippen molar-refractivity contribution in [3.8, 4) is 5.75 Å². The smallest absolute Gasteiger partial charge is 0.220 e. The Morgan fingerprint density at radius 1 is 1.24 bits per heavy atom. The van der Waals surface area contributed by atoms with Crippen molar-refractivity contribution in [2.24, 2.45) is 17.6 Å². The second-order valence-electron chi connectivity index (χ2n) is 6.00. The summed E-state index contributed by atoms with van der Waals surface area (Å²) >= 11 is 0. The molecule has 21 heavy (non-hydrogen) atoms. The van der Waals surface area contributed by atoms with Gasteiger partial charge in [0.25, 0.3) is 0 Å². The molecule has 1 unspecified atom stereocenters. The lowest BCUT2D eigenvalue weighted by atomic mass is 9.94. The van der Waals surface area contributed by atoms with E-state index in [-0.39, 0.29) is 17.9 Å². The molecule has 0 fully saturated rings. The maximum atomic E-state index is 12.1. The van der Waals surface area contributed by atoms with Gasteiger partial charge in [0.15, 0.2) is 0 Å². The minimum absolute atomic E-state index is 0.0131. The molecule has 0 bridgehead atoms. The zero-order valence-electron chi connectivity index (χ0n) is 13.6. The van der Waals surface area contributed by atoms with Crippen LogP contribution in [-0.2, 0) is 4.79 Å². The lowest BCUT2D eigenvalue weighted by Gasteiger charge is -2.19. The molecule has 0 aliphatic carbocycles. The minimum Gasteiger partial charge on any atom is -0.497 e. The summed E-state index contributed by atoms with van der Waals surface area (Å²) in [7, 11) is 1.64. The highest BCUT2D eigenvalue weighted by molar-refractivity contribution is 5.76. The van der Waals surface area contributed by atoms with E-state index >= 15 is 0 Å². The molecule has 0 aliphatic rings. The first kappa shape index (κ1) is 17.5. The minimum atomic E-state index is -0.0131. The van der Waals surface area contributed by atoms with Crippen molar-refractivity contribution in [1.29, 1.82) is 0 Å². The number of methoxy groups -OCH3 is 1. The number of ether oxygens (including phenoxy) is 1. The van der Waals surface area contributed by atoms with Crippen LogP contribution in [0.25, 0.3) is 0 Å². The molecule has 0 radical (unpaired) electrons. The van der Waals surface area contributed by atoms with Crippen LogP contribution in [0, 0.1) is 11.8 Å². The Kier molecular flexibility index (Phi) is 7.23. The molecule has 2 atom stereocenters. The predicted octanol–water partition coefficient (Wildman–Crippen LogP) is 2.88. The van der Waals surface area contributed by atoms with Crippen LogP contribution in [0.15, 0.2) is 24.3 Å². The van der Waals surface area contributed by atoms with Crippen molar-refractivity contribution >= 4 is 5.91 Å². The van der Waals surface area contributed by atoms with Crippen LogP contribution in [0.3, 0.4) is 0 Å². The Hall–Kier alpha value is -1.55. The zero-order valence-corrected chi connectivity index (χ0v) is 13.6. The quantitative estimate of drug-likeness (QED) is 0.774. The second-order valence-corrected chi connectivity index (χ2v) is 6.00. The molecule has 4 nitrogen and oxygen atoms in total. The van der Waals surface area contributed by atoms with Crippen LogP contribution in [0.2, 0.25) is 0 Å². The van der Waals surface area contributed by atoms with Gasteiger partial charge in [0.05, 0.1) is 13.2 Å². The predicted molar refractivity (Wildman–Crippen MR) is 86.2 cm³/mol. The van der Waals surface area contributed by atoms with Gasteiger partial charge in [-0.05, 0) is 49.4 Å². The Morgan fingerprint density at radius 3 is 2.33 bits per heavy atom. The molecule has 0 saturated heterocycles. The fourth-order valence-corrected chi connectivity index (χ4v) is 2.47. The van der Waals surface area contributed by atoms with Gasteiger partial charge in [-0.25, -0.2) is 0 Å². The van der Waals surface area contributed by atoms with Crippen LogP contribution < -0.4 is 15.8 Å². The van der Waals surface area contributed by atoms with E-state index in [9.17, 15) is 4.79 Å². The van der Waals surface area contributed by atoms with E-state index in [2.05, 4.69) is 19.2 Å². The lowest BCUT2D eigenvalue weighted by molar-refractivity contribution is -0.122. The maximum absolute atomic E-state index is 12.1. The van der Waals surface area contributed by atoms with Crippen LogP contribution in [0.1, 0.15) is 45.2 Å². The van der Waals surface area contributed by atoms with Gasteiger partial charge in [0.1, 0.15) is 5.75 Å². The summed E-state index contributed by atoms with van der Waals surface area (Å²) in [6.07, 6.45) is 1.48. The average Bonchev–Trinajstić information content (AvgIpc) is 2.45. The van der Waals surface area contributed by atoms with Crippen molar-refractivity contribution in [2.45, 2.75) is 39.7 Å². The molecule has 0 heterocycles. The summed E-state index contributed by atoms with van der Waals surface area (Å²) in [5.74, 6) is 1.70. The third-order valence-electron chi connectivity index (χ3n) is 3.61. The summed E-state index contributed by atoms with van der Waals surface area (Å²) in [6.45, 7) is 6.85. The number of nitrogens with two attached hydrogens (primary N) is 1. The summed E-state index contributed by atoms with van der Waals surface area (Å²) < 4.78 is 5.13. The summed E-state index contributed by atoms with van der Waals surface area (Å²) in [5.41, 5.74) is 6.82. The van der Waals surface area contributed by atoms with Gasteiger partial charge in [-0.1, -0.05) is 26.0 Å². The van der Waals surface area contributed by atoms with Crippen molar-refractivity contribution in [3.63, 3.8) is 0 Å². The van der Waals surface area contributed by atoms with Gasteiger partial charge in [0.2, 0.25) is 5.91 Å². The fraction of sp³-hybridized carbons (Fsp3) is 0.588. The summed E-state index contributed by atoms with van der Waals surface area (Å²) in [6, 6.07) is 7.73. The van der Waals surface area contributed by atoms with E-state index in [1.54, 1.807) is 7.11 Å². The third-order valence-corrected chi connectivity index (χ3v) is 3.61. The Morgan fingerprint density at radius 2 is 1.86 bits per heavy atom. The molecule has 0 spiro atoms. The summed E-state index contributed by atoms with van der Waals surface area (Å²) in [4.78, 5) is 12.1. The van der Waals surface area contributed by atoms with Crippen molar-refractivity contribution in [3.05, 3.63) is 29.8 Å². The van der Waals surface area contributed by atoms with Gasteiger partial charge in [-0.15, -0.1) is 0 Å². The molecule has 3 N–H and O–H groups in total. The molecule has 1 aromatic carbocycles. The number of nitrogens with one attached hydrogen (secondary N) is 1. The number of rotatable bonds is 8. The monoisotopic (exact) mass is 292 g/mol. The number of benzene rings is 1. The zero-order chi connectivity index (χ0) is 15.8. The SMILES string of the molecule is COc1ccc([C@@H](C)NC(=O)CC(CN)CC(C)C)cc1. The Balaban J connectivity index is 2.52. The average molecular weight is 292 g/mol. The Bertz CT molecular complexity index is 429. The largest absolute Gasteiger partial charge is 0.497 e. The van der Waals surface area contributed by atoms with Crippen LogP contribution in [0.4, 0.5) is 0 Å². The second kappa shape index (κ2) is 8.67. The standard InChI is InChI=1S/C17H28N2O2/c1-12(2)9-14(11-18)10-17(20)19-13(3)15-5-7-16(21-4)8-6-15/h5-8,12-14H,9-11,18H2,1-4H3,(H,19,20)/t13-,14?/m1/s1. The van der Waals surface area contributed by atoms with E-state index in [4.69, 9.17) is 10.5 Å². The van der Waals surface area contributed by atoms with Gasteiger partial charge >= 0.3 is 0 Å². The number of hydrogen-bond donors (Lipinski definition) is 2. The highest BCUT2D eigenvalue weighted by atomic mass is 16.5. The van der Waals surface area contributed by atoms with Gasteiger partial charge < -0.3 is 15.8 Å². The number of carbonyl (C=O) groups excluding carboxylic acids is 1.